The first-order valence-electron chi connectivity index (χ1n) is 7.05. The number of esters is 1. The third kappa shape index (κ3) is 3.11. The second kappa shape index (κ2) is 6.59. The van der Waals surface area contributed by atoms with Gasteiger partial charge in [0, 0.05) is 5.02 Å². The molecule has 0 unspecified atom stereocenters. The number of halogens is 1. The molecule has 0 aliphatic rings. The van der Waals surface area contributed by atoms with Gasteiger partial charge in [0.2, 0.25) is 0 Å². The fraction of sp³-hybridized carbons (Fsp3) is 0.118. The van der Waals surface area contributed by atoms with Gasteiger partial charge in [-0.3, -0.25) is 4.79 Å². The molecule has 0 radical (unpaired) electrons. The summed E-state index contributed by atoms with van der Waals surface area (Å²) in [6, 6.07) is 7.29. The van der Waals surface area contributed by atoms with Crippen molar-refractivity contribution in [1.82, 2.24) is 9.97 Å². The lowest BCUT2D eigenvalue weighted by Crippen LogP contribution is -2.09. The number of carbonyl (C=O) groups is 1. The molecule has 7 heteroatoms. The highest BCUT2D eigenvalue weighted by molar-refractivity contribution is 7.20. The van der Waals surface area contributed by atoms with E-state index in [4.69, 9.17) is 16.3 Å². The monoisotopic (exact) mass is 360 g/mol. The van der Waals surface area contributed by atoms with E-state index in [1.807, 2.05) is 18.2 Å². The number of rotatable bonds is 3. The summed E-state index contributed by atoms with van der Waals surface area (Å²) in [6.45, 7) is 1.71. The van der Waals surface area contributed by atoms with Crippen molar-refractivity contribution in [3.63, 3.8) is 0 Å². The summed E-state index contributed by atoms with van der Waals surface area (Å²) in [5.41, 5.74) is 1.24. The summed E-state index contributed by atoms with van der Waals surface area (Å²) in [7, 11) is 1.31. The Labute approximate surface area is 146 Å². The number of H-pyrrole nitrogens is 1. The predicted octanol–water partition coefficient (Wildman–Crippen LogP) is 3.90. The van der Waals surface area contributed by atoms with Gasteiger partial charge in [0.1, 0.15) is 15.5 Å². The quantitative estimate of drug-likeness (QED) is 0.719. The molecule has 2 heterocycles. The van der Waals surface area contributed by atoms with Crippen LogP contribution < -0.4 is 5.56 Å². The van der Waals surface area contributed by atoms with Crippen molar-refractivity contribution < 1.29 is 9.53 Å². The molecule has 122 valence electrons. The molecule has 3 aromatic rings. The van der Waals surface area contributed by atoms with Crippen LogP contribution in [0.5, 0.6) is 0 Å². The minimum absolute atomic E-state index is 0.278. The lowest BCUT2D eigenvalue weighted by atomic mass is 10.2. The third-order valence-electron chi connectivity index (χ3n) is 3.49. The van der Waals surface area contributed by atoms with Crippen molar-refractivity contribution in [3.8, 4) is 0 Å². The summed E-state index contributed by atoms with van der Waals surface area (Å²) in [6.07, 6.45) is 3.53. The molecule has 5 nitrogen and oxygen atoms in total. The molecule has 0 bridgehead atoms. The molecule has 24 heavy (non-hydrogen) atoms. The van der Waals surface area contributed by atoms with E-state index in [9.17, 15) is 9.59 Å². The molecule has 2 aromatic heterocycles. The topological polar surface area (TPSA) is 72.0 Å². The van der Waals surface area contributed by atoms with Crippen LogP contribution in [0.25, 0.3) is 22.4 Å². The number of benzene rings is 1. The molecule has 0 fully saturated rings. The van der Waals surface area contributed by atoms with Crippen LogP contribution in [0, 0.1) is 6.92 Å². The summed E-state index contributed by atoms with van der Waals surface area (Å²) in [4.78, 5) is 32.1. The Bertz CT molecular complexity index is 1000. The van der Waals surface area contributed by atoms with E-state index in [2.05, 4.69) is 9.97 Å². The van der Waals surface area contributed by atoms with Crippen LogP contribution in [0.2, 0.25) is 5.02 Å². The molecule has 0 aliphatic heterocycles. The number of thiophene rings is 1. The molecular formula is C17H13ClN2O3S. The van der Waals surface area contributed by atoms with Crippen molar-refractivity contribution in [2.45, 2.75) is 6.92 Å². The zero-order chi connectivity index (χ0) is 17.3. The van der Waals surface area contributed by atoms with Gasteiger partial charge < -0.3 is 9.72 Å². The summed E-state index contributed by atoms with van der Waals surface area (Å²) in [5, 5.41) is 1.08. The Morgan fingerprint density at radius 1 is 1.29 bits per heavy atom. The number of nitrogens with zero attached hydrogens (tertiary/aromatic N) is 1. The largest absolute Gasteiger partial charge is 0.465 e. The molecule has 0 amide bonds. The van der Waals surface area contributed by atoms with E-state index in [0.29, 0.717) is 31.5 Å². The van der Waals surface area contributed by atoms with E-state index in [-0.39, 0.29) is 5.56 Å². The molecule has 1 N–H and O–H groups in total. The van der Waals surface area contributed by atoms with E-state index in [1.165, 1.54) is 7.11 Å². The van der Waals surface area contributed by atoms with Crippen LogP contribution in [-0.4, -0.2) is 23.0 Å². The number of ether oxygens (including phenoxy) is 1. The van der Waals surface area contributed by atoms with Crippen LogP contribution in [0.3, 0.4) is 0 Å². The smallest absolute Gasteiger partial charge is 0.348 e. The Balaban J connectivity index is 2.03. The molecular weight excluding hydrogens is 348 g/mol. The van der Waals surface area contributed by atoms with Gasteiger partial charge in [-0.1, -0.05) is 29.8 Å². The van der Waals surface area contributed by atoms with Gasteiger partial charge in [0.05, 0.1) is 12.5 Å². The number of nitrogens with one attached hydrogen (secondary N) is 1. The second-order valence-corrected chi connectivity index (χ2v) is 6.50. The molecule has 0 saturated carbocycles. The van der Waals surface area contributed by atoms with Gasteiger partial charge in [0.25, 0.3) is 5.56 Å². The average Bonchev–Trinajstić information content (AvgIpc) is 2.91. The Hall–Kier alpha value is -2.44. The van der Waals surface area contributed by atoms with Crippen LogP contribution >= 0.6 is 22.9 Å². The fourth-order valence-electron chi connectivity index (χ4n) is 2.28. The molecule has 0 saturated heterocycles. The van der Waals surface area contributed by atoms with Crippen LogP contribution in [-0.2, 0) is 4.74 Å². The van der Waals surface area contributed by atoms with Crippen molar-refractivity contribution >= 4 is 51.3 Å². The van der Waals surface area contributed by atoms with Crippen molar-refractivity contribution in [1.29, 1.82) is 0 Å². The number of aromatic nitrogens is 2. The van der Waals surface area contributed by atoms with E-state index < -0.39 is 5.97 Å². The number of methoxy groups -OCH3 is 1. The SMILES string of the molecule is COC(=O)c1sc2nc(C=Cc3ccc(Cl)cc3)[nH]c(=O)c2c1C. The number of hydrogen-bond acceptors (Lipinski definition) is 5. The van der Waals surface area contributed by atoms with E-state index in [1.54, 1.807) is 25.1 Å². The lowest BCUT2D eigenvalue weighted by molar-refractivity contribution is 0.0605. The Morgan fingerprint density at radius 3 is 2.67 bits per heavy atom. The average molecular weight is 361 g/mol. The maximum Gasteiger partial charge on any atom is 0.348 e. The maximum atomic E-state index is 12.3. The Kier molecular flexibility index (Phi) is 4.51. The number of aryl methyl sites for hydroxylation is 1. The van der Waals surface area contributed by atoms with Gasteiger partial charge in [-0.2, -0.15) is 0 Å². The zero-order valence-corrected chi connectivity index (χ0v) is 14.5. The maximum absolute atomic E-state index is 12.3. The number of hydrogen-bond donors (Lipinski definition) is 1. The van der Waals surface area contributed by atoms with E-state index >= 15 is 0 Å². The van der Waals surface area contributed by atoms with Crippen LogP contribution in [0.4, 0.5) is 0 Å². The highest BCUT2D eigenvalue weighted by atomic mass is 35.5. The molecule has 3 rings (SSSR count). The summed E-state index contributed by atoms with van der Waals surface area (Å²) in [5.74, 6) is -0.0479. The highest BCUT2D eigenvalue weighted by Gasteiger charge is 2.19. The normalized spacial score (nSPS) is 11.3. The van der Waals surface area contributed by atoms with E-state index in [0.717, 1.165) is 16.9 Å². The standard InChI is InChI=1S/C17H13ClN2O3S/c1-9-13-15(21)19-12(8-5-10-3-6-11(18)7-4-10)20-16(13)24-14(9)17(22)23-2/h3-8H,1-2H3,(H,19,20,21). The van der Waals surface area contributed by atoms with Gasteiger partial charge in [-0.15, -0.1) is 11.3 Å². The first kappa shape index (κ1) is 16.4. The first-order valence-corrected chi connectivity index (χ1v) is 8.24. The summed E-state index contributed by atoms with van der Waals surface area (Å²) >= 11 is 7.00. The molecule has 0 atom stereocenters. The third-order valence-corrected chi connectivity index (χ3v) is 4.91. The van der Waals surface area contributed by atoms with Gasteiger partial charge >= 0.3 is 5.97 Å². The number of aromatic amines is 1. The van der Waals surface area contributed by atoms with Crippen LogP contribution in [0.1, 0.15) is 26.6 Å². The van der Waals surface area contributed by atoms with Crippen molar-refractivity contribution in [2.24, 2.45) is 0 Å². The number of fused-ring (bicyclic) bond motifs is 1. The number of carbonyl (C=O) groups excluding carboxylic acids is 1. The van der Waals surface area contributed by atoms with Crippen molar-refractivity contribution in [3.05, 3.63) is 61.5 Å². The highest BCUT2D eigenvalue weighted by Crippen LogP contribution is 2.27. The van der Waals surface area contributed by atoms with Crippen molar-refractivity contribution in [2.75, 3.05) is 7.11 Å². The van der Waals surface area contributed by atoms with Gasteiger partial charge in [-0.05, 0) is 36.3 Å². The predicted molar refractivity (Wildman–Crippen MR) is 96.7 cm³/mol. The van der Waals surface area contributed by atoms with Gasteiger partial charge in [0.15, 0.2) is 0 Å². The molecule has 0 aliphatic carbocycles. The first-order chi connectivity index (χ1) is 11.5. The Morgan fingerprint density at radius 2 is 2.00 bits per heavy atom. The second-order valence-electron chi connectivity index (χ2n) is 5.06. The van der Waals surface area contributed by atoms with Crippen LogP contribution in [0.15, 0.2) is 29.1 Å². The zero-order valence-electron chi connectivity index (χ0n) is 12.9. The molecule has 0 spiro atoms. The summed E-state index contributed by atoms with van der Waals surface area (Å²) < 4.78 is 4.74. The lowest BCUT2D eigenvalue weighted by Gasteiger charge is -1.97. The minimum atomic E-state index is -0.465. The molecule has 1 aromatic carbocycles. The minimum Gasteiger partial charge on any atom is -0.465 e. The fourth-order valence-corrected chi connectivity index (χ4v) is 3.51. The van der Waals surface area contributed by atoms with Gasteiger partial charge in [-0.25, -0.2) is 9.78 Å².